The van der Waals surface area contributed by atoms with Crippen LogP contribution in [0.15, 0.2) is 35.9 Å². The van der Waals surface area contributed by atoms with Gasteiger partial charge >= 0.3 is 5.97 Å². The first-order chi connectivity index (χ1) is 8.52. The number of carbonyl (C=O) groups is 1. The molecule has 2 N–H and O–H groups in total. The largest absolute Gasteiger partial charge is 0.497 e. The summed E-state index contributed by atoms with van der Waals surface area (Å²) < 4.78 is 5.17. The summed E-state index contributed by atoms with van der Waals surface area (Å²) in [6.07, 6.45) is 1.21. The maximum Gasteiger partial charge on any atom is 0.328 e. The van der Waals surface area contributed by atoms with Gasteiger partial charge in [-0.2, -0.15) is 0 Å². The fraction of sp³-hybridized carbons (Fsp3) is 0.357. The molecule has 0 spiro atoms. The molecule has 0 fully saturated rings. The van der Waals surface area contributed by atoms with Gasteiger partial charge in [-0.1, -0.05) is 17.7 Å². The van der Waals surface area contributed by atoms with Crippen molar-refractivity contribution in [3.63, 3.8) is 0 Å². The van der Waals surface area contributed by atoms with Gasteiger partial charge in [-0.05, 0) is 31.5 Å². The van der Waals surface area contributed by atoms with Crippen LogP contribution in [0, 0.1) is 0 Å². The van der Waals surface area contributed by atoms with Crippen LogP contribution < -0.4 is 10.1 Å². The quantitative estimate of drug-likeness (QED) is 0.760. The van der Waals surface area contributed by atoms with E-state index in [0.717, 1.165) is 16.9 Å². The summed E-state index contributed by atoms with van der Waals surface area (Å²) in [5.74, 6) is -0.0951. The summed E-state index contributed by atoms with van der Waals surface area (Å²) in [6, 6.07) is 7.94. The van der Waals surface area contributed by atoms with E-state index in [1.165, 1.54) is 6.08 Å². The van der Waals surface area contributed by atoms with E-state index in [2.05, 4.69) is 5.32 Å². The number of hydrogen-bond donors (Lipinski definition) is 2. The van der Waals surface area contributed by atoms with Gasteiger partial charge in [0.1, 0.15) is 5.75 Å². The molecule has 0 amide bonds. The lowest BCUT2D eigenvalue weighted by Gasteiger charge is -2.15. The molecule has 18 heavy (non-hydrogen) atoms. The number of hydrogen-bond acceptors (Lipinski definition) is 3. The van der Waals surface area contributed by atoms with Crippen molar-refractivity contribution in [3.05, 3.63) is 41.5 Å². The van der Waals surface area contributed by atoms with Gasteiger partial charge in [-0.25, -0.2) is 4.79 Å². The van der Waals surface area contributed by atoms with Gasteiger partial charge in [0.2, 0.25) is 0 Å². The normalized spacial score (nSPS) is 13.2. The predicted molar refractivity (Wildman–Crippen MR) is 70.8 cm³/mol. The molecule has 0 radical (unpaired) electrons. The lowest BCUT2D eigenvalue weighted by Crippen LogP contribution is -2.21. The highest BCUT2D eigenvalue weighted by atomic mass is 16.5. The minimum absolute atomic E-state index is 0.136. The van der Waals surface area contributed by atoms with Gasteiger partial charge in [0.05, 0.1) is 7.11 Å². The number of methoxy groups -OCH3 is 1. The number of benzene rings is 1. The Bertz CT molecular complexity index is 440. The highest BCUT2D eigenvalue weighted by Crippen LogP contribution is 2.18. The molecule has 1 atom stereocenters. The summed E-state index contributed by atoms with van der Waals surface area (Å²) in [5, 5.41) is 11.9. The van der Waals surface area contributed by atoms with Gasteiger partial charge in [0.15, 0.2) is 0 Å². The molecular formula is C14H19NO3. The van der Waals surface area contributed by atoms with Gasteiger partial charge < -0.3 is 15.2 Å². The molecule has 0 aromatic heterocycles. The minimum Gasteiger partial charge on any atom is -0.497 e. The first-order valence-electron chi connectivity index (χ1n) is 5.80. The van der Waals surface area contributed by atoms with E-state index in [4.69, 9.17) is 9.84 Å². The van der Waals surface area contributed by atoms with E-state index in [1.54, 1.807) is 14.0 Å². The maximum atomic E-state index is 10.5. The van der Waals surface area contributed by atoms with Crippen LogP contribution in [0.25, 0.3) is 0 Å². The zero-order valence-electron chi connectivity index (χ0n) is 10.9. The number of carboxylic acid groups (broad SMARTS) is 1. The Balaban J connectivity index is 2.59. The lowest BCUT2D eigenvalue weighted by atomic mass is 10.1. The van der Waals surface area contributed by atoms with Gasteiger partial charge in [-0.3, -0.25) is 0 Å². The summed E-state index contributed by atoms with van der Waals surface area (Å²) in [5.41, 5.74) is 1.90. The van der Waals surface area contributed by atoms with Crippen molar-refractivity contribution in [1.82, 2.24) is 5.32 Å². The Morgan fingerprint density at radius 1 is 1.56 bits per heavy atom. The monoisotopic (exact) mass is 249 g/mol. The van der Waals surface area contributed by atoms with Crippen molar-refractivity contribution >= 4 is 5.97 Å². The van der Waals surface area contributed by atoms with Crippen molar-refractivity contribution in [1.29, 1.82) is 0 Å². The van der Waals surface area contributed by atoms with Crippen LogP contribution in [0.3, 0.4) is 0 Å². The number of carboxylic acids is 1. The van der Waals surface area contributed by atoms with Crippen LogP contribution >= 0.6 is 0 Å². The average molecular weight is 249 g/mol. The van der Waals surface area contributed by atoms with E-state index in [1.807, 2.05) is 31.2 Å². The van der Waals surface area contributed by atoms with Crippen molar-refractivity contribution in [2.75, 3.05) is 13.7 Å². The third-order valence-electron chi connectivity index (χ3n) is 2.65. The highest BCUT2D eigenvalue weighted by molar-refractivity contribution is 5.80. The van der Waals surface area contributed by atoms with Crippen molar-refractivity contribution in [3.8, 4) is 5.75 Å². The zero-order chi connectivity index (χ0) is 13.5. The number of ether oxygens (including phenoxy) is 1. The van der Waals surface area contributed by atoms with E-state index >= 15 is 0 Å². The van der Waals surface area contributed by atoms with Crippen molar-refractivity contribution in [2.45, 2.75) is 19.9 Å². The van der Waals surface area contributed by atoms with E-state index < -0.39 is 5.97 Å². The van der Waals surface area contributed by atoms with E-state index in [-0.39, 0.29) is 6.04 Å². The predicted octanol–water partition coefficient (Wildman–Crippen LogP) is 2.38. The second-order valence-corrected chi connectivity index (χ2v) is 4.21. The summed E-state index contributed by atoms with van der Waals surface area (Å²) in [7, 11) is 1.64. The molecule has 0 aliphatic carbocycles. The van der Waals surface area contributed by atoms with Crippen LogP contribution in [-0.4, -0.2) is 24.7 Å². The lowest BCUT2D eigenvalue weighted by molar-refractivity contribution is -0.131. The first kappa shape index (κ1) is 14.3. The Kier molecular flexibility index (Phi) is 5.39. The number of nitrogens with one attached hydrogen (secondary N) is 1. The Morgan fingerprint density at radius 3 is 2.89 bits per heavy atom. The molecule has 1 aromatic carbocycles. The van der Waals surface area contributed by atoms with Crippen molar-refractivity contribution in [2.24, 2.45) is 0 Å². The van der Waals surface area contributed by atoms with Crippen LogP contribution in [0.5, 0.6) is 5.75 Å². The molecule has 0 heterocycles. The average Bonchev–Trinajstić information content (AvgIpc) is 2.35. The summed E-state index contributed by atoms with van der Waals surface area (Å²) >= 11 is 0. The molecule has 1 rings (SSSR count). The molecule has 0 saturated carbocycles. The van der Waals surface area contributed by atoms with E-state index in [9.17, 15) is 4.79 Å². The van der Waals surface area contributed by atoms with Gasteiger partial charge in [0, 0.05) is 18.7 Å². The number of aliphatic carboxylic acids is 1. The fourth-order valence-corrected chi connectivity index (χ4v) is 1.60. The topological polar surface area (TPSA) is 58.6 Å². The minimum atomic E-state index is -0.914. The Morgan fingerprint density at radius 2 is 2.28 bits per heavy atom. The molecule has 0 saturated heterocycles. The third-order valence-corrected chi connectivity index (χ3v) is 2.65. The number of rotatable bonds is 6. The molecule has 0 bridgehead atoms. The zero-order valence-corrected chi connectivity index (χ0v) is 10.9. The first-order valence-corrected chi connectivity index (χ1v) is 5.80. The molecule has 0 aliphatic heterocycles. The Hall–Kier alpha value is -1.81. The highest BCUT2D eigenvalue weighted by Gasteiger charge is 2.06. The second kappa shape index (κ2) is 6.81. The van der Waals surface area contributed by atoms with E-state index in [0.29, 0.717) is 6.54 Å². The fourth-order valence-electron chi connectivity index (χ4n) is 1.60. The standard InChI is InChI=1S/C14H19NO3/c1-10(7-14(16)17)9-15-11(2)12-5-4-6-13(8-12)18-3/h4-8,11,15H,9H2,1-3H3,(H,16,17)/b10-7+/t11-/m1/s1. The molecule has 98 valence electrons. The van der Waals surface area contributed by atoms with Crippen LogP contribution in [0.2, 0.25) is 0 Å². The van der Waals surface area contributed by atoms with Crippen LogP contribution in [-0.2, 0) is 4.79 Å². The summed E-state index contributed by atoms with van der Waals surface area (Å²) in [4.78, 5) is 10.5. The Labute approximate surface area is 107 Å². The summed E-state index contributed by atoms with van der Waals surface area (Å²) in [6.45, 7) is 4.37. The van der Waals surface area contributed by atoms with Crippen molar-refractivity contribution < 1.29 is 14.6 Å². The maximum absolute atomic E-state index is 10.5. The third kappa shape index (κ3) is 4.59. The molecule has 0 unspecified atom stereocenters. The van der Waals surface area contributed by atoms with Crippen LogP contribution in [0.4, 0.5) is 0 Å². The SMILES string of the molecule is COc1cccc([C@@H](C)NC/C(C)=C/C(=O)O)c1. The molecule has 4 heteroatoms. The van der Waals surface area contributed by atoms with Gasteiger partial charge in [0.25, 0.3) is 0 Å². The smallest absolute Gasteiger partial charge is 0.328 e. The second-order valence-electron chi connectivity index (χ2n) is 4.21. The van der Waals surface area contributed by atoms with Crippen LogP contribution in [0.1, 0.15) is 25.5 Å². The van der Waals surface area contributed by atoms with Gasteiger partial charge in [-0.15, -0.1) is 0 Å². The molecular weight excluding hydrogens is 230 g/mol. The molecule has 1 aromatic rings. The molecule has 4 nitrogen and oxygen atoms in total. The molecule has 0 aliphatic rings.